The summed E-state index contributed by atoms with van der Waals surface area (Å²) >= 11 is 0. The van der Waals surface area contributed by atoms with Gasteiger partial charge in [-0.1, -0.05) is 193 Å². The lowest BCUT2D eigenvalue weighted by atomic mass is 9.99. The molecule has 0 spiro atoms. The van der Waals surface area contributed by atoms with Gasteiger partial charge >= 0.3 is 16.4 Å². The minimum Gasteiger partial charge on any atom is -0.457 e. The van der Waals surface area contributed by atoms with Crippen molar-refractivity contribution in [3.63, 3.8) is 0 Å². The summed E-state index contributed by atoms with van der Waals surface area (Å²) in [4.78, 5) is 12.9. The monoisotopic (exact) mass is 893 g/mol. The number of carbonyl (C=O) groups excluding carboxylic acids is 1. The van der Waals surface area contributed by atoms with Crippen molar-refractivity contribution in [1.82, 2.24) is 0 Å². The molecule has 6 unspecified atom stereocenters. The van der Waals surface area contributed by atoms with Gasteiger partial charge in [0.1, 0.15) is 30.5 Å². The average molecular weight is 893 g/mol. The molecule has 0 radical (unpaired) electrons. The summed E-state index contributed by atoms with van der Waals surface area (Å²) in [6.45, 7) is 4.01. The van der Waals surface area contributed by atoms with E-state index in [0.717, 1.165) is 57.8 Å². The largest absolute Gasteiger partial charge is 0.457 e. The van der Waals surface area contributed by atoms with Gasteiger partial charge in [-0.3, -0.25) is 9.35 Å². The van der Waals surface area contributed by atoms with E-state index in [1.54, 1.807) is 0 Å². The fourth-order valence-corrected chi connectivity index (χ4v) is 8.35. The predicted octanol–water partition coefficient (Wildman–Crippen LogP) is 11.0. The predicted molar refractivity (Wildman–Crippen MR) is 244 cm³/mol. The summed E-state index contributed by atoms with van der Waals surface area (Å²) < 4.78 is 59.2. The van der Waals surface area contributed by atoms with Crippen LogP contribution < -0.4 is 0 Å². The van der Waals surface area contributed by atoms with Gasteiger partial charge in [0.2, 0.25) is 0 Å². The maximum Gasteiger partial charge on any atom is 0.397 e. The summed E-state index contributed by atoms with van der Waals surface area (Å²) in [5.41, 5.74) is 0. The molecular formula is C48H92O12S. The second kappa shape index (κ2) is 40.4. The molecule has 1 rings (SSSR count). The Morgan fingerprint density at radius 1 is 0.607 bits per heavy atom. The van der Waals surface area contributed by atoms with Crippen molar-refractivity contribution in [3.8, 4) is 0 Å². The van der Waals surface area contributed by atoms with E-state index in [-0.39, 0.29) is 19.6 Å². The van der Waals surface area contributed by atoms with Crippen LogP contribution in [0.4, 0.5) is 0 Å². The zero-order chi connectivity index (χ0) is 44.7. The summed E-state index contributed by atoms with van der Waals surface area (Å²) in [6, 6.07) is 0. The number of ether oxygens (including phenoxy) is 4. The maximum atomic E-state index is 12.9. The second-order valence-electron chi connectivity index (χ2n) is 17.4. The van der Waals surface area contributed by atoms with Crippen LogP contribution in [0.5, 0.6) is 0 Å². The van der Waals surface area contributed by atoms with Crippen LogP contribution in [0.3, 0.4) is 0 Å². The molecular weight excluding hydrogens is 801 g/mol. The molecule has 4 N–H and O–H groups in total. The zero-order valence-electron chi connectivity index (χ0n) is 38.7. The van der Waals surface area contributed by atoms with Crippen LogP contribution in [0.2, 0.25) is 0 Å². The Bertz CT molecular complexity index is 1120. The van der Waals surface area contributed by atoms with Gasteiger partial charge in [-0.2, -0.15) is 8.42 Å². The lowest BCUT2D eigenvalue weighted by Gasteiger charge is -2.41. The number of unbranched alkanes of at least 4 members (excludes halogenated alkanes) is 29. The number of hydrogen-bond acceptors (Lipinski definition) is 11. The van der Waals surface area contributed by atoms with E-state index in [1.165, 1.54) is 141 Å². The highest BCUT2D eigenvalue weighted by Gasteiger charge is 2.48. The Kier molecular flexibility index (Phi) is 38.3. The highest BCUT2D eigenvalue weighted by Crippen LogP contribution is 2.26. The van der Waals surface area contributed by atoms with Crippen molar-refractivity contribution in [1.29, 1.82) is 0 Å². The molecule has 1 saturated heterocycles. The molecule has 1 heterocycles. The van der Waals surface area contributed by atoms with Crippen molar-refractivity contribution >= 4 is 16.4 Å². The molecule has 1 fully saturated rings. The smallest absolute Gasteiger partial charge is 0.397 e. The summed E-state index contributed by atoms with van der Waals surface area (Å²) in [5.74, 6) is -0.403. The Labute approximate surface area is 372 Å². The highest BCUT2D eigenvalue weighted by molar-refractivity contribution is 7.80. The van der Waals surface area contributed by atoms with E-state index in [2.05, 4.69) is 30.2 Å². The van der Waals surface area contributed by atoms with Gasteiger partial charge < -0.3 is 34.3 Å². The number of hydrogen-bond donors (Lipinski definition) is 4. The molecule has 0 saturated carbocycles. The van der Waals surface area contributed by atoms with Gasteiger partial charge in [0.15, 0.2) is 6.29 Å². The van der Waals surface area contributed by atoms with Crippen LogP contribution in [-0.2, 0) is 38.3 Å². The quantitative estimate of drug-likeness (QED) is 0.0197. The van der Waals surface area contributed by atoms with Crippen LogP contribution >= 0.6 is 0 Å². The second-order valence-corrected chi connectivity index (χ2v) is 18.5. The number of allylic oxidation sites excluding steroid dienone is 2. The van der Waals surface area contributed by atoms with Crippen molar-refractivity contribution in [2.45, 2.75) is 263 Å². The first kappa shape index (κ1) is 57.9. The maximum absolute atomic E-state index is 12.9. The average Bonchev–Trinajstić information content (AvgIpc) is 3.23. The van der Waals surface area contributed by atoms with Crippen LogP contribution in [0.25, 0.3) is 0 Å². The molecule has 0 aromatic rings. The first-order valence-electron chi connectivity index (χ1n) is 24.9. The summed E-state index contributed by atoms with van der Waals surface area (Å²) in [6.07, 6.45) is 35.3. The molecule has 61 heavy (non-hydrogen) atoms. The molecule has 0 amide bonds. The normalized spacial score (nSPS) is 20.1. The Morgan fingerprint density at radius 2 is 1.03 bits per heavy atom. The van der Waals surface area contributed by atoms with Crippen molar-refractivity contribution in [3.05, 3.63) is 12.2 Å². The van der Waals surface area contributed by atoms with E-state index in [9.17, 15) is 33.1 Å². The Hall–Kier alpha value is -1.16. The number of aliphatic hydroxyl groups excluding tert-OH is 3. The van der Waals surface area contributed by atoms with Crippen LogP contribution in [-0.4, -0.2) is 97.5 Å². The van der Waals surface area contributed by atoms with E-state index in [0.29, 0.717) is 13.0 Å². The third kappa shape index (κ3) is 33.9. The van der Waals surface area contributed by atoms with E-state index < -0.39 is 59.8 Å². The van der Waals surface area contributed by atoms with Gasteiger partial charge in [0.05, 0.1) is 19.8 Å². The third-order valence-electron chi connectivity index (χ3n) is 11.6. The standard InChI is InChI=1S/C48H92O12S/c1-3-5-7-9-11-13-15-17-19-20-21-22-23-24-26-28-30-32-34-36-38-56-40-42(41-57-48-46(52)47(60-61(53,54)55)45(51)43(39-49)59-48)58-44(50)37-35-33-31-29-27-25-18-16-14-12-10-8-6-4-2/h16,18,42-43,45-49,51-52H,3-15,17,19-41H2,1-2H3,(H,53,54,55)/b18-16-. The molecule has 1 aliphatic rings. The Balaban J connectivity index is 2.35. The van der Waals surface area contributed by atoms with Gasteiger partial charge in [-0.25, -0.2) is 4.18 Å². The highest BCUT2D eigenvalue weighted by atomic mass is 32.3. The number of rotatable bonds is 44. The molecule has 6 atom stereocenters. The molecule has 13 heteroatoms. The van der Waals surface area contributed by atoms with E-state index in [1.807, 2.05) is 0 Å². The lowest BCUT2D eigenvalue weighted by molar-refractivity contribution is -0.301. The van der Waals surface area contributed by atoms with E-state index >= 15 is 0 Å². The summed E-state index contributed by atoms with van der Waals surface area (Å²) in [7, 11) is -5.06. The zero-order valence-corrected chi connectivity index (χ0v) is 39.6. The molecule has 1 aliphatic heterocycles. The first-order chi connectivity index (χ1) is 29.6. The topological polar surface area (TPSA) is 178 Å². The van der Waals surface area contributed by atoms with Gasteiger partial charge in [0, 0.05) is 13.0 Å². The van der Waals surface area contributed by atoms with Crippen molar-refractivity contribution in [2.75, 3.05) is 26.4 Å². The number of carbonyl (C=O) groups is 1. The first-order valence-corrected chi connectivity index (χ1v) is 26.3. The molecule has 0 aliphatic carbocycles. The van der Waals surface area contributed by atoms with E-state index in [4.69, 9.17) is 18.9 Å². The van der Waals surface area contributed by atoms with Gasteiger partial charge in [-0.05, 0) is 38.5 Å². The minimum atomic E-state index is -5.06. The fraction of sp³-hybridized carbons (Fsp3) is 0.938. The molecule has 0 aromatic carbocycles. The third-order valence-corrected chi connectivity index (χ3v) is 12.1. The van der Waals surface area contributed by atoms with Crippen molar-refractivity contribution in [2.24, 2.45) is 0 Å². The van der Waals surface area contributed by atoms with Crippen LogP contribution in [0.1, 0.15) is 226 Å². The fourth-order valence-electron chi connectivity index (χ4n) is 7.85. The molecule has 362 valence electrons. The lowest BCUT2D eigenvalue weighted by Crippen LogP contribution is -2.60. The number of aliphatic hydroxyl groups is 3. The van der Waals surface area contributed by atoms with Gasteiger partial charge in [-0.15, -0.1) is 0 Å². The van der Waals surface area contributed by atoms with Crippen molar-refractivity contribution < 1.29 is 56.2 Å². The Morgan fingerprint density at radius 3 is 1.48 bits per heavy atom. The molecule has 12 nitrogen and oxygen atoms in total. The number of esters is 1. The molecule has 0 bridgehead atoms. The van der Waals surface area contributed by atoms with Gasteiger partial charge in [0.25, 0.3) is 0 Å². The van der Waals surface area contributed by atoms with Crippen LogP contribution in [0.15, 0.2) is 12.2 Å². The molecule has 0 aromatic heterocycles. The van der Waals surface area contributed by atoms with Crippen LogP contribution in [0, 0.1) is 0 Å². The summed E-state index contributed by atoms with van der Waals surface area (Å²) in [5, 5.41) is 30.7. The minimum absolute atomic E-state index is 0.0386. The SMILES string of the molecule is CCCCCCC/C=C\CCCCCCCC(=O)OC(COCCCCCCCCCCCCCCCCCCCCCC)COC1OC(CO)C(O)C(OS(=O)(=O)O)C1O.